The molecule has 1 rings (SSSR count). The molecular weight excluding hydrogens is 182 g/mol. The van der Waals surface area contributed by atoms with E-state index in [0.717, 1.165) is 19.3 Å². The van der Waals surface area contributed by atoms with E-state index in [0.29, 0.717) is 5.92 Å². The van der Waals surface area contributed by atoms with Gasteiger partial charge >= 0.3 is 5.97 Å². The largest absolute Gasteiger partial charge is 0.461 e. The van der Waals surface area contributed by atoms with Crippen LogP contribution in [0.4, 0.5) is 0 Å². The minimum atomic E-state index is -0.882. The van der Waals surface area contributed by atoms with Gasteiger partial charge in [0, 0.05) is 0 Å². The lowest BCUT2D eigenvalue weighted by Gasteiger charge is -2.27. The number of carbonyl (C=O) groups is 1. The molecular formula is C10H19NO3. The minimum absolute atomic E-state index is 0.00356. The van der Waals surface area contributed by atoms with Gasteiger partial charge in [-0.05, 0) is 25.2 Å². The number of hydrogen-bond acceptors (Lipinski definition) is 4. The molecule has 1 fully saturated rings. The maximum atomic E-state index is 11.2. The van der Waals surface area contributed by atoms with Crippen molar-refractivity contribution in [1.29, 1.82) is 0 Å². The number of aliphatic hydroxyl groups excluding tert-OH is 1. The number of ether oxygens (including phenoxy) is 1. The van der Waals surface area contributed by atoms with Gasteiger partial charge in [-0.2, -0.15) is 0 Å². The average Bonchev–Trinajstić information content (AvgIpc) is 2.16. The molecule has 2 unspecified atom stereocenters. The quantitative estimate of drug-likeness (QED) is 0.649. The van der Waals surface area contributed by atoms with Crippen molar-refractivity contribution >= 4 is 5.97 Å². The summed E-state index contributed by atoms with van der Waals surface area (Å²) in [7, 11) is 0. The van der Waals surface area contributed by atoms with E-state index in [1.807, 2.05) is 0 Å². The third-order valence-electron chi connectivity index (χ3n) is 2.67. The molecule has 0 heterocycles. The number of esters is 1. The molecule has 1 aliphatic rings. The number of aliphatic hydroxyl groups is 1. The summed E-state index contributed by atoms with van der Waals surface area (Å²) in [5.74, 6) is 0.138. The number of rotatable bonds is 3. The third-order valence-corrected chi connectivity index (χ3v) is 2.67. The van der Waals surface area contributed by atoms with E-state index in [-0.39, 0.29) is 12.7 Å². The first-order valence-electron chi connectivity index (χ1n) is 5.20. The van der Waals surface area contributed by atoms with Gasteiger partial charge in [0.2, 0.25) is 0 Å². The highest BCUT2D eigenvalue weighted by Crippen LogP contribution is 2.25. The van der Waals surface area contributed by atoms with Crippen LogP contribution in [0.5, 0.6) is 0 Å². The smallest absolute Gasteiger partial charge is 0.325 e. The second-order valence-electron chi connectivity index (χ2n) is 4.12. The summed E-state index contributed by atoms with van der Waals surface area (Å²) in [6.45, 7) is 1.81. The zero-order valence-electron chi connectivity index (χ0n) is 8.61. The van der Waals surface area contributed by atoms with Crippen molar-refractivity contribution in [3.8, 4) is 0 Å². The van der Waals surface area contributed by atoms with Crippen molar-refractivity contribution in [2.24, 2.45) is 11.7 Å². The Morgan fingerprint density at radius 3 is 2.93 bits per heavy atom. The summed E-state index contributed by atoms with van der Waals surface area (Å²) in [6.07, 6.45) is 4.16. The van der Waals surface area contributed by atoms with E-state index in [2.05, 4.69) is 6.92 Å². The van der Waals surface area contributed by atoms with Crippen molar-refractivity contribution in [2.45, 2.75) is 44.8 Å². The highest BCUT2D eigenvalue weighted by molar-refractivity contribution is 5.75. The predicted octanol–water partition coefficient (Wildman–Crippen LogP) is 0.428. The van der Waals surface area contributed by atoms with E-state index in [1.165, 1.54) is 6.42 Å². The summed E-state index contributed by atoms with van der Waals surface area (Å²) in [5, 5.41) is 8.66. The van der Waals surface area contributed by atoms with Crippen LogP contribution < -0.4 is 5.73 Å². The molecule has 0 aromatic rings. The summed E-state index contributed by atoms with van der Waals surface area (Å²) >= 11 is 0. The van der Waals surface area contributed by atoms with Crippen LogP contribution in [0.15, 0.2) is 0 Å². The van der Waals surface area contributed by atoms with E-state index >= 15 is 0 Å². The first-order valence-corrected chi connectivity index (χ1v) is 5.20. The number of nitrogens with two attached hydrogens (primary N) is 1. The topological polar surface area (TPSA) is 72.5 Å². The van der Waals surface area contributed by atoms with E-state index < -0.39 is 12.0 Å². The zero-order valence-corrected chi connectivity index (χ0v) is 8.61. The van der Waals surface area contributed by atoms with Crippen LogP contribution in [-0.2, 0) is 9.53 Å². The third kappa shape index (κ3) is 3.27. The molecule has 0 spiro atoms. The van der Waals surface area contributed by atoms with Crippen LogP contribution in [-0.4, -0.2) is 29.8 Å². The molecule has 1 saturated carbocycles. The van der Waals surface area contributed by atoms with E-state index in [4.69, 9.17) is 15.6 Å². The Labute approximate surface area is 84.4 Å². The van der Waals surface area contributed by atoms with Crippen molar-refractivity contribution < 1.29 is 14.6 Å². The van der Waals surface area contributed by atoms with Crippen molar-refractivity contribution in [2.75, 3.05) is 6.61 Å². The molecule has 82 valence electrons. The summed E-state index contributed by atoms with van der Waals surface area (Å²) in [4.78, 5) is 11.2. The predicted molar refractivity (Wildman–Crippen MR) is 52.6 cm³/mol. The van der Waals surface area contributed by atoms with Crippen LogP contribution in [0.1, 0.15) is 32.6 Å². The molecule has 0 aromatic carbocycles. The molecule has 1 aliphatic carbocycles. The lowest BCUT2D eigenvalue weighted by atomic mass is 9.89. The van der Waals surface area contributed by atoms with Gasteiger partial charge in [0.1, 0.15) is 12.1 Å². The molecule has 4 nitrogen and oxygen atoms in total. The highest BCUT2D eigenvalue weighted by Gasteiger charge is 2.24. The summed E-state index contributed by atoms with van der Waals surface area (Å²) in [6, 6.07) is -0.882. The lowest BCUT2D eigenvalue weighted by Crippen LogP contribution is -2.38. The average molecular weight is 201 g/mol. The fourth-order valence-corrected chi connectivity index (χ4v) is 1.81. The highest BCUT2D eigenvalue weighted by atomic mass is 16.5. The molecule has 0 radical (unpaired) electrons. The Bertz CT molecular complexity index is 196. The van der Waals surface area contributed by atoms with Gasteiger partial charge < -0.3 is 15.6 Å². The monoisotopic (exact) mass is 201 g/mol. The first-order chi connectivity index (χ1) is 6.63. The molecule has 0 aromatic heterocycles. The van der Waals surface area contributed by atoms with Gasteiger partial charge in [0.05, 0.1) is 6.61 Å². The fourth-order valence-electron chi connectivity index (χ4n) is 1.81. The van der Waals surface area contributed by atoms with E-state index in [9.17, 15) is 4.79 Å². The summed E-state index contributed by atoms with van der Waals surface area (Å²) < 4.78 is 5.19. The standard InChI is InChI=1S/C10H19NO3/c1-7-3-2-4-8(5-7)14-10(13)9(11)6-12/h7-9,12H,2-6,11H2,1H3/t7?,8?,9-/m0/s1. The second-order valence-corrected chi connectivity index (χ2v) is 4.12. The number of hydrogen-bond donors (Lipinski definition) is 2. The van der Waals surface area contributed by atoms with Crippen LogP contribution in [0.3, 0.4) is 0 Å². The minimum Gasteiger partial charge on any atom is -0.461 e. The Hall–Kier alpha value is -0.610. The van der Waals surface area contributed by atoms with Crippen molar-refractivity contribution in [3.63, 3.8) is 0 Å². The molecule has 14 heavy (non-hydrogen) atoms. The molecule has 4 heteroatoms. The first kappa shape index (κ1) is 11.5. The second kappa shape index (κ2) is 5.32. The van der Waals surface area contributed by atoms with Crippen molar-refractivity contribution in [1.82, 2.24) is 0 Å². The summed E-state index contributed by atoms with van der Waals surface area (Å²) in [5.41, 5.74) is 5.34. The van der Waals surface area contributed by atoms with Crippen LogP contribution in [0.25, 0.3) is 0 Å². The Morgan fingerprint density at radius 1 is 1.64 bits per heavy atom. The van der Waals surface area contributed by atoms with Gasteiger partial charge in [-0.3, -0.25) is 4.79 Å². The van der Waals surface area contributed by atoms with E-state index in [1.54, 1.807) is 0 Å². The fraction of sp³-hybridized carbons (Fsp3) is 0.900. The van der Waals surface area contributed by atoms with Crippen LogP contribution >= 0.6 is 0 Å². The molecule has 0 saturated heterocycles. The van der Waals surface area contributed by atoms with Crippen molar-refractivity contribution in [3.05, 3.63) is 0 Å². The maximum absolute atomic E-state index is 11.2. The molecule has 3 N–H and O–H groups in total. The number of carbonyl (C=O) groups excluding carboxylic acids is 1. The Morgan fingerprint density at radius 2 is 2.36 bits per heavy atom. The Kier molecular flexibility index (Phi) is 4.35. The van der Waals surface area contributed by atoms with Crippen LogP contribution in [0.2, 0.25) is 0 Å². The van der Waals surface area contributed by atoms with Gasteiger partial charge in [-0.15, -0.1) is 0 Å². The molecule has 0 bridgehead atoms. The van der Waals surface area contributed by atoms with Gasteiger partial charge in [-0.1, -0.05) is 13.3 Å². The SMILES string of the molecule is CC1CCCC(OC(=O)[C@@H](N)CO)C1. The maximum Gasteiger partial charge on any atom is 0.325 e. The van der Waals surface area contributed by atoms with Gasteiger partial charge in [0.15, 0.2) is 0 Å². The van der Waals surface area contributed by atoms with Crippen LogP contribution in [0, 0.1) is 5.92 Å². The molecule has 0 amide bonds. The van der Waals surface area contributed by atoms with Gasteiger partial charge in [0.25, 0.3) is 0 Å². The normalized spacial score (nSPS) is 29.6. The lowest BCUT2D eigenvalue weighted by molar-refractivity contribution is -0.153. The molecule has 0 aliphatic heterocycles. The van der Waals surface area contributed by atoms with Gasteiger partial charge in [-0.25, -0.2) is 0 Å². The Balaban J connectivity index is 2.32. The zero-order chi connectivity index (χ0) is 10.6. The molecule has 3 atom stereocenters.